The average Bonchev–Trinajstić information content (AvgIpc) is 3.14. The van der Waals surface area contributed by atoms with Crippen LogP contribution in [0.1, 0.15) is 30.8 Å². The van der Waals surface area contributed by atoms with Gasteiger partial charge in [0.15, 0.2) is 5.76 Å². The summed E-state index contributed by atoms with van der Waals surface area (Å²) < 4.78 is 30.2. The first kappa shape index (κ1) is 18.5. The van der Waals surface area contributed by atoms with Crippen LogP contribution >= 0.6 is 0 Å². The molecule has 134 valence electrons. The van der Waals surface area contributed by atoms with Crippen LogP contribution in [-0.2, 0) is 14.8 Å². The second-order valence-corrected chi connectivity index (χ2v) is 8.58. The highest BCUT2D eigenvalue weighted by molar-refractivity contribution is 7.88. The Kier molecular flexibility index (Phi) is 4.78. The van der Waals surface area contributed by atoms with Gasteiger partial charge >= 0.3 is 5.97 Å². The smallest absolute Gasteiger partial charge is 0.311 e. The largest absolute Gasteiger partial charge is 0.481 e. The summed E-state index contributed by atoms with van der Waals surface area (Å²) in [5, 5.41) is 9.21. The number of amides is 1. The lowest BCUT2D eigenvalue weighted by Gasteiger charge is -2.28. The van der Waals surface area contributed by atoms with Crippen molar-refractivity contribution in [2.75, 3.05) is 27.2 Å². The minimum atomic E-state index is -3.76. The number of carboxylic acids is 1. The van der Waals surface area contributed by atoms with Gasteiger partial charge in [-0.3, -0.25) is 9.59 Å². The quantitative estimate of drug-likeness (QED) is 0.844. The normalized spacial score (nSPS) is 21.7. The maximum Gasteiger partial charge on any atom is 0.311 e. The molecular weight excluding hydrogens is 336 g/mol. The topological polar surface area (TPSA) is 108 Å². The zero-order valence-electron chi connectivity index (χ0n) is 14.1. The number of carbonyl (C=O) groups excluding carboxylic acids is 1. The fourth-order valence-electron chi connectivity index (χ4n) is 2.81. The summed E-state index contributed by atoms with van der Waals surface area (Å²) in [5.41, 5.74) is -0.985. The molecule has 0 bridgehead atoms. The van der Waals surface area contributed by atoms with E-state index < -0.39 is 27.3 Å². The molecule has 1 aliphatic rings. The van der Waals surface area contributed by atoms with Crippen LogP contribution in [0, 0.1) is 11.3 Å². The highest BCUT2D eigenvalue weighted by atomic mass is 32.2. The molecule has 2 rings (SSSR count). The number of hydrogen-bond acceptors (Lipinski definition) is 5. The summed E-state index contributed by atoms with van der Waals surface area (Å²) in [7, 11) is -1.03. The molecule has 0 radical (unpaired) electrons. The number of hydrogen-bond donors (Lipinski definition) is 1. The van der Waals surface area contributed by atoms with E-state index in [4.69, 9.17) is 4.42 Å². The number of carbonyl (C=O) groups is 2. The standard InChI is InChI=1S/C15H22N2O6S/c1-10(2)15(14(19)20)7-8-17(9-15)13(18)11-5-6-12(23-11)24(21,22)16(3)4/h5-6,10H,7-9H2,1-4H3,(H,19,20). The third kappa shape index (κ3) is 2.93. The van der Waals surface area contributed by atoms with Crippen LogP contribution in [0.15, 0.2) is 21.6 Å². The summed E-state index contributed by atoms with van der Waals surface area (Å²) in [4.78, 5) is 25.6. The molecule has 1 aliphatic heterocycles. The lowest BCUT2D eigenvalue weighted by atomic mass is 9.76. The molecule has 0 spiro atoms. The van der Waals surface area contributed by atoms with Crippen molar-refractivity contribution in [2.24, 2.45) is 11.3 Å². The van der Waals surface area contributed by atoms with Gasteiger partial charge in [0.05, 0.1) is 5.41 Å². The van der Waals surface area contributed by atoms with E-state index in [-0.39, 0.29) is 23.3 Å². The van der Waals surface area contributed by atoms with E-state index in [2.05, 4.69) is 0 Å². The minimum Gasteiger partial charge on any atom is -0.481 e. The van der Waals surface area contributed by atoms with E-state index in [0.717, 1.165) is 4.31 Å². The van der Waals surface area contributed by atoms with E-state index in [1.54, 1.807) is 0 Å². The number of sulfonamides is 1. The van der Waals surface area contributed by atoms with E-state index in [0.29, 0.717) is 13.0 Å². The van der Waals surface area contributed by atoms with Crippen molar-refractivity contribution in [1.82, 2.24) is 9.21 Å². The molecule has 8 nitrogen and oxygen atoms in total. The first-order valence-corrected chi connectivity index (χ1v) is 9.01. The predicted molar refractivity (Wildman–Crippen MR) is 85.0 cm³/mol. The van der Waals surface area contributed by atoms with Crippen LogP contribution < -0.4 is 0 Å². The Morgan fingerprint density at radius 2 is 1.96 bits per heavy atom. The molecule has 1 N–H and O–H groups in total. The third-order valence-corrected chi connectivity index (χ3v) is 6.34. The van der Waals surface area contributed by atoms with E-state index in [9.17, 15) is 23.1 Å². The molecule has 0 saturated carbocycles. The van der Waals surface area contributed by atoms with E-state index in [1.165, 1.54) is 31.1 Å². The van der Waals surface area contributed by atoms with Gasteiger partial charge in [-0.2, -0.15) is 0 Å². The van der Waals surface area contributed by atoms with Crippen LogP contribution in [0.2, 0.25) is 0 Å². The van der Waals surface area contributed by atoms with Crippen LogP contribution in [-0.4, -0.2) is 61.8 Å². The van der Waals surface area contributed by atoms with Gasteiger partial charge in [0.25, 0.3) is 15.9 Å². The number of likely N-dealkylation sites (tertiary alicyclic amines) is 1. The second-order valence-electron chi connectivity index (χ2n) is 6.50. The number of furan rings is 1. The van der Waals surface area contributed by atoms with Gasteiger partial charge in [0.1, 0.15) is 0 Å². The monoisotopic (exact) mass is 358 g/mol. The zero-order chi connectivity index (χ0) is 18.3. The van der Waals surface area contributed by atoms with Crippen molar-refractivity contribution in [3.8, 4) is 0 Å². The summed E-state index contributed by atoms with van der Waals surface area (Å²) in [6.45, 7) is 4.00. The zero-order valence-corrected chi connectivity index (χ0v) is 15.0. The Bertz CT molecular complexity index is 752. The molecule has 24 heavy (non-hydrogen) atoms. The summed E-state index contributed by atoms with van der Waals surface area (Å²) in [6, 6.07) is 2.53. The van der Waals surface area contributed by atoms with Gasteiger partial charge in [0.2, 0.25) is 5.09 Å². The summed E-state index contributed by atoms with van der Waals surface area (Å²) in [6.07, 6.45) is 0.356. The van der Waals surface area contributed by atoms with Gasteiger partial charge in [-0.05, 0) is 24.5 Å². The van der Waals surface area contributed by atoms with Gasteiger partial charge in [-0.1, -0.05) is 13.8 Å². The number of carboxylic acid groups (broad SMARTS) is 1. The molecular formula is C15H22N2O6S. The summed E-state index contributed by atoms with van der Waals surface area (Å²) >= 11 is 0. The molecule has 2 heterocycles. The van der Waals surface area contributed by atoms with Crippen molar-refractivity contribution >= 4 is 21.9 Å². The van der Waals surface area contributed by atoms with Gasteiger partial charge in [0, 0.05) is 27.2 Å². The molecule has 0 aliphatic carbocycles. The second kappa shape index (κ2) is 6.21. The molecule has 1 fully saturated rings. The molecule has 0 aromatic carbocycles. The first-order valence-electron chi connectivity index (χ1n) is 7.57. The molecule has 1 aromatic rings. The van der Waals surface area contributed by atoms with Crippen molar-refractivity contribution in [3.63, 3.8) is 0 Å². The minimum absolute atomic E-state index is 0.0787. The molecule has 1 saturated heterocycles. The first-order chi connectivity index (χ1) is 11.0. The van der Waals surface area contributed by atoms with E-state index in [1.807, 2.05) is 13.8 Å². The number of aliphatic carboxylic acids is 1. The van der Waals surface area contributed by atoms with Crippen LogP contribution in [0.3, 0.4) is 0 Å². The summed E-state index contributed by atoms with van der Waals surface area (Å²) in [5.74, 6) is -1.67. The molecule has 1 aromatic heterocycles. The Balaban J connectivity index is 2.23. The van der Waals surface area contributed by atoms with Gasteiger partial charge in [-0.25, -0.2) is 12.7 Å². The van der Waals surface area contributed by atoms with Crippen LogP contribution in [0.5, 0.6) is 0 Å². The maximum absolute atomic E-state index is 12.5. The molecule has 1 amide bonds. The fraction of sp³-hybridized carbons (Fsp3) is 0.600. The molecule has 9 heteroatoms. The van der Waals surface area contributed by atoms with Crippen molar-refractivity contribution < 1.29 is 27.5 Å². The Hall–Kier alpha value is -1.87. The third-order valence-electron chi connectivity index (χ3n) is 4.65. The lowest BCUT2D eigenvalue weighted by molar-refractivity contribution is -0.150. The van der Waals surface area contributed by atoms with Crippen molar-refractivity contribution in [3.05, 3.63) is 17.9 Å². The van der Waals surface area contributed by atoms with Crippen molar-refractivity contribution in [1.29, 1.82) is 0 Å². The Labute approximate surface area is 141 Å². The van der Waals surface area contributed by atoms with Crippen LogP contribution in [0.25, 0.3) is 0 Å². The number of nitrogens with zero attached hydrogens (tertiary/aromatic N) is 2. The van der Waals surface area contributed by atoms with Gasteiger partial charge < -0.3 is 14.4 Å². The highest BCUT2D eigenvalue weighted by Gasteiger charge is 2.49. The average molecular weight is 358 g/mol. The predicted octanol–water partition coefficient (Wildman–Crippen LogP) is 1.10. The number of rotatable bonds is 5. The lowest BCUT2D eigenvalue weighted by Crippen LogP contribution is -2.40. The maximum atomic E-state index is 12.5. The molecule has 1 unspecified atom stereocenters. The molecule has 1 atom stereocenters. The highest BCUT2D eigenvalue weighted by Crippen LogP contribution is 2.38. The van der Waals surface area contributed by atoms with Gasteiger partial charge in [-0.15, -0.1) is 0 Å². The Morgan fingerprint density at radius 3 is 2.42 bits per heavy atom. The Morgan fingerprint density at radius 1 is 1.33 bits per heavy atom. The van der Waals surface area contributed by atoms with E-state index >= 15 is 0 Å². The fourth-order valence-corrected chi connectivity index (χ4v) is 3.60. The van der Waals surface area contributed by atoms with Crippen molar-refractivity contribution in [2.45, 2.75) is 25.4 Å². The SMILES string of the molecule is CC(C)C1(C(=O)O)CCN(C(=O)c2ccc(S(=O)(=O)N(C)C)o2)C1. The van der Waals surface area contributed by atoms with Crippen LogP contribution in [0.4, 0.5) is 0 Å².